The number of nitrogens with one attached hydrogen (secondary N) is 1. The van der Waals surface area contributed by atoms with Gasteiger partial charge < -0.3 is 10.1 Å². The molecule has 0 atom stereocenters. The molecule has 0 radical (unpaired) electrons. The molecule has 1 heterocycles. The first-order valence-corrected chi connectivity index (χ1v) is 7.53. The van der Waals surface area contributed by atoms with Crippen molar-refractivity contribution in [3.63, 3.8) is 0 Å². The zero-order valence-corrected chi connectivity index (χ0v) is 12.2. The van der Waals surface area contributed by atoms with E-state index in [-0.39, 0.29) is 5.91 Å². The average Bonchev–Trinajstić information content (AvgIpc) is 2.70. The maximum absolute atomic E-state index is 12.0. The van der Waals surface area contributed by atoms with Crippen molar-refractivity contribution in [3.05, 3.63) is 24.3 Å². The second kappa shape index (κ2) is 7.90. The van der Waals surface area contributed by atoms with E-state index >= 15 is 0 Å². The first-order valence-electron chi connectivity index (χ1n) is 7.53. The zero-order valence-electron chi connectivity index (χ0n) is 12.2. The monoisotopic (exact) mass is 276 g/mol. The summed E-state index contributed by atoms with van der Waals surface area (Å²) in [7, 11) is 0. The fraction of sp³-hybridized carbons (Fsp3) is 0.562. The van der Waals surface area contributed by atoms with Crippen molar-refractivity contribution in [2.45, 2.75) is 32.6 Å². The maximum Gasteiger partial charge on any atom is 0.238 e. The van der Waals surface area contributed by atoms with Gasteiger partial charge in [0.2, 0.25) is 5.91 Å². The standard InChI is InChI=1S/C16H24N2O2/c1-2-20-15-9-7-14(8-10-15)17-16(19)13-18-11-5-3-4-6-12-18/h7-10H,2-6,11-13H2,1H3,(H,17,19). The van der Waals surface area contributed by atoms with E-state index in [9.17, 15) is 4.79 Å². The first-order chi connectivity index (χ1) is 9.78. The number of rotatable bonds is 5. The molecule has 1 saturated heterocycles. The fourth-order valence-corrected chi connectivity index (χ4v) is 2.50. The summed E-state index contributed by atoms with van der Waals surface area (Å²) in [5.74, 6) is 0.897. The van der Waals surface area contributed by atoms with Gasteiger partial charge in [-0.15, -0.1) is 0 Å². The molecule has 20 heavy (non-hydrogen) atoms. The van der Waals surface area contributed by atoms with E-state index in [4.69, 9.17) is 4.74 Å². The number of hydrogen-bond acceptors (Lipinski definition) is 3. The Bertz CT molecular complexity index is 409. The number of amides is 1. The number of carbonyl (C=O) groups is 1. The zero-order chi connectivity index (χ0) is 14.2. The molecule has 1 aromatic carbocycles. The van der Waals surface area contributed by atoms with Crippen LogP contribution in [0.1, 0.15) is 32.6 Å². The van der Waals surface area contributed by atoms with Crippen LogP contribution in [0, 0.1) is 0 Å². The van der Waals surface area contributed by atoms with Crippen molar-refractivity contribution in [1.29, 1.82) is 0 Å². The van der Waals surface area contributed by atoms with Gasteiger partial charge in [0.25, 0.3) is 0 Å². The molecule has 0 spiro atoms. The Kier molecular flexibility index (Phi) is 5.87. The lowest BCUT2D eigenvalue weighted by Gasteiger charge is -2.19. The summed E-state index contributed by atoms with van der Waals surface area (Å²) in [4.78, 5) is 14.3. The molecule has 1 amide bonds. The maximum atomic E-state index is 12.0. The van der Waals surface area contributed by atoms with Crippen LogP contribution in [0.3, 0.4) is 0 Å². The Morgan fingerprint density at radius 1 is 1.15 bits per heavy atom. The fourth-order valence-electron chi connectivity index (χ4n) is 2.50. The van der Waals surface area contributed by atoms with Crippen molar-refractivity contribution < 1.29 is 9.53 Å². The Balaban J connectivity index is 1.81. The predicted octanol–water partition coefficient (Wildman–Crippen LogP) is 2.90. The van der Waals surface area contributed by atoms with Gasteiger partial charge in [-0.2, -0.15) is 0 Å². The van der Waals surface area contributed by atoms with Crippen LogP contribution in [0.25, 0.3) is 0 Å². The molecule has 110 valence electrons. The minimum absolute atomic E-state index is 0.0658. The van der Waals surface area contributed by atoms with Crippen molar-refractivity contribution in [2.75, 3.05) is 31.6 Å². The largest absolute Gasteiger partial charge is 0.494 e. The summed E-state index contributed by atoms with van der Waals surface area (Å²) in [5, 5.41) is 2.94. The Labute approximate surface area is 121 Å². The molecule has 1 fully saturated rings. The highest BCUT2D eigenvalue weighted by molar-refractivity contribution is 5.92. The molecule has 1 aromatic rings. The molecule has 4 nitrogen and oxygen atoms in total. The van der Waals surface area contributed by atoms with Gasteiger partial charge in [-0.05, 0) is 57.1 Å². The van der Waals surface area contributed by atoms with Gasteiger partial charge in [-0.3, -0.25) is 9.69 Å². The van der Waals surface area contributed by atoms with Gasteiger partial charge in [0, 0.05) is 5.69 Å². The van der Waals surface area contributed by atoms with Gasteiger partial charge >= 0.3 is 0 Å². The topological polar surface area (TPSA) is 41.6 Å². The molecule has 0 aliphatic carbocycles. The van der Waals surface area contributed by atoms with Crippen molar-refractivity contribution in [2.24, 2.45) is 0 Å². The molecule has 1 aliphatic rings. The van der Waals surface area contributed by atoms with E-state index in [1.165, 1.54) is 25.7 Å². The van der Waals surface area contributed by atoms with E-state index in [1.807, 2.05) is 31.2 Å². The third-order valence-electron chi connectivity index (χ3n) is 3.51. The molecule has 1 N–H and O–H groups in total. The first kappa shape index (κ1) is 14.9. The lowest BCUT2D eigenvalue weighted by molar-refractivity contribution is -0.117. The summed E-state index contributed by atoms with van der Waals surface area (Å²) >= 11 is 0. The van der Waals surface area contributed by atoms with Crippen LogP contribution in [0.15, 0.2) is 24.3 Å². The lowest BCUT2D eigenvalue weighted by atomic mass is 10.2. The number of benzene rings is 1. The van der Waals surface area contributed by atoms with Gasteiger partial charge in [0.05, 0.1) is 13.2 Å². The highest BCUT2D eigenvalue weighted by Crippen LogP contribution is 2.16. The summed E-state index contributed by atoms with van der Waals surface area (Å²) in [6.07, 6.45) is 4.99. The van der Waals surface area contributed by atoms with Crippen molar-refractivity contribution in [1.82, 2.24) is 4.90 Å². The van der Waals surface area contributed by atoms with Gasteiger partial charge in [0.15, 0.2) is 0 Å². The molecule has 0 aromatic heterocycles. The molecular weight excluding hydrogens is 252 g/mol. The van der Waals surface area contributed by atoms with Crippen LogP contribution in [0.4, 0.5) is 5.69 Å². The molecule has 0 bridgehead atoms. The smallest absolute Gasteiger partial charge is 0.238 e. The van der Waals surface area contributed by atoms with E-state index in [1.54, 1.807) is 0 Å². The minimum Gasteiger partial charge on any atom is -0.494 e. The van der Waals surface area contributed by atoms with E-state index in [2.05, 4.69) is 10.2 Å². The number of nitrogens with zero attached hydrogens (tertiary/aromatic N) is 1. The second-order valence-corrected chi connectivity index (χ2v) is 5.20. The molecule has 2 rings (SSSR count). The van der Waals surface area contributed by atoms with E-state index in [0.29, 0.717) is 13.2 Å². The van der Waals surface area contributed by atoms with Crippen LogP contribution in [0.5, 0.6) is 5.75 Å². The quantitative estimate of drug-likeness (QED) is 0.899. The predicted molar refractivity (Wildman–Crippen MR) is 81.1 cm³/mol. The summed E-state index contributed by atoms with van der Waals surface area (Å²) < 4.78 is 5.38. The van der Waals surface area contributed by atoms with Crippen LogP contribution in [0.2, 0.25) is 0 Å². The highest BCUT2D eigenvalue weighted by atomic mass is 16.5. The Morgan fingerprint density at radius 3 is 2.40 bits per heavy atom. The number of hydrogen-bond donors (Lipinski definition) is 1. The number of carbonyl (C=O) groups excluding carboxylic acids is 1. The van der Waals surface area contributed by atoms with Crippen molar-refractivity contribution >= 4 is 11.6 Å². The number of likely N-dealkylation sites (tertiary alicyclic amines) is 1. The molecular formula is C16H24N2O2. The van der Waals surface area contributed by atoms with Crippen LogP contribution in [-0.4, -0.2) is 37.0 Å². The Morgan fingerprint density at radius 2 is 1.80 bits per heavy atom. The van der Waals surface area contributed by atoms with Crippen molar-refractivity contribution in [3.8, 4) is 5.75 Å². The van der Waals surface area contributed by atoms with Gasteiger partial charge in [-0.25, -0.2) is 0 Å². The summed E-state index contributed by atoms with van der Waals surface area (Å²) in [6, 6.07) is 7.52. The van der Waals surface area contributed by atoms with E-state index in [0.717, 1.165) is 24.5 Å². The minimum atomic E-state index is 0.0658. The third-order valence-corrected chi connectivity index (χ3v) is 3.51. The lowest BCUT2D eigenvalue weighted by Crippen LogP contribution is -2.33. The number of anilines is 1. The molecule has 4 heteroatoms. The Hall–Kier alpha value is -1.55. The van der Waals surface area contributed by atoms with Crippen LogP contribution >= 0.6 is 0 Å². The number of ether oxygens (including phenoxy) is 1. The molecule has 1 aliphatic heterocycles. The second-order valence-electron chi connectivity index (χ2n) is 5.20. The summed E-state index contributed by atoms with van der Waals surface area (Å²) in [6.45, 7) is 5.18. The van der Waals surface area contributed by atoms with Crippen LogP contribution in [-0.2, 0) is 4.79 Å². The SMILES string of the molecule is CCOc1ccc(NC(=O)CN2CCCCCC2)cc1. The van der Waals surface area contributed by atoms with Gasteiger partial charge in [0.1, 0.15) is 5.75 Å². The third kappa shape index (κ3) is 4.85. The molecule has 0 unspecified atom stereocenters. The van der Waals surface area contributed by atoms with E-state index < -0.39 is 0 Å². The highest BCUT2D eigenvalue weighted by Gasteiger charge is 2.12. The van der Waals surface area contributed by atoms with Crippen LogP contribution < -0.4 is 10.1 Å². The normalized spacial score (nSPS) is 16.4. The van der Waals surface area contributed by atoms with Gasteiger partial charge in [-0.1, -0.05) is 12.8 Å². The summed E-state index contributed by atoms with van der Waals surface area (Å²) in [5.41, 5.74) is 0.827. The average molecular weight is 276 g/mol. The molecule has 0 saturated carbocycles.